The summed E-state index contributed by atoms with van der Waals surface area (Å²) in [7, 11) is 0. The van der Waals surface area contributed by atoms with Crippen LogP contribution in [0.4, 0.5) is 0 Å². The molecule has 0 N–H and O–H groups in total. The zero-order chi connectivity index (χ0) is 8.55. The summed E-state index contributed by atoms with van der Waals surface area (Å²) in [5, 5.41) is 0.472. The number of aromatic nitrogens is 3. The molecule has 0 spiro atoms. The van der Waals surface area contributed by atoms with Crippen LogP contribution in [0.25, 0.3) is 11.0 Å². The van der Waals surface area contributed by atoms with Crippen molar-refractivity contribution < 1.29 is 0 Å². The molecule has 0 atom stereocenters. The lowest BCUT2D eigenvalue weighted by molar-refractivity contribution is 0.787. The Kier molecular flexibility index (Phi) is 1.73. The van der Waals surface area contributed by atoms with Crippen LogP contribution in [-0.4, -0.2) is 14.5 Å². The number of imidazole rings is 1. The fourth-order valence-electron chi connectivity index (χ4n) is 1.21. The Morgan fingerprint density at radius 1 is 1.50 bits per heavy atom. The van der Waals surface area contributed by atoms with E-state index in [0.717, 1.165) is 17.6 Å². The van der Waals surface area contributed by atoms with Crippen LogP contribution >= 0.6 is 11.6 Å². The van der Waals surface area contributed by atoms with Gasteiger partial charge in [-0.25, -0.2) is 9.97 Å². The summed E-state index contributed by atoms with van der Waals surface area (Å²) in [6, 6.07) is 1.91. The second-order valence-electron chi connectivity index (χ2n) is 2.50. The van der Waals surface area contributed by atoms with E-state index in [1.54, 1.807) is 12.5 Å². The lowest BCUT2D eigenvalue weighted by atomic mass is 10.4. The Labute approximate surface area is 75.0 Å². The first-order valence-corrected chi connectivity index (χ1v) is 4.16. The fourth-order valence-corrected chi connectivity index (χ4v) is 1.41. The fraction of sp³-hybridized carbons (Fsp3) is 0.250. The highest BCUT2D eigenvalue weighted by atomic mass is 35.5. The molecular formula is C8H8ClN3. The van der Waals surface area contributed by atoms with Crippen molar-refractivity contribution in [3.63, 3.8) is 0 Å². The van der Waals surface area contributed by atoms with E-state index in [0.29, 0.717) is 5.15 Å². The molecular weight excluding hydrogens is 174 g/mol. The average Bonchev–Trinajstić information content (AvgIpc) is 2.49. The molecule has 0 amide bonds. The van der Waals surface area contributed by atoms with Gasteiger partial charge in [0.25, 0.3) is 0 Å². The van der Waals surface area contributed by atoms with Gasteiger partial charge < -0.3 is 4.57 Å². The number of pyridine rings is 1. The third kappa shape index (κ3) is 0.975. The van der Waals surface area contributed by atoms with Gasteiger partial charge in [0.1, 0.15) is 5.52 Å². The van der Waals surface area contributed by atoms with Gasteiger partial charge in [0.05, 0.1) is 11.8 Å². The molecule has 0 aromatic carbocycles. The highest BCUT2D eigenvalue weighted by Gasteiger charge is 2.04. The molecule has 62 valence electrons. The number of rotatable bonds is 1. The molecule has 0 saturated carbocycles. The summed E-state index contributed by atoms with van der Waals surface area (Å²) < 4.78 is 2.03. The monoisotopic (exact) mass is 181 g/mol. The number of nitrogens with zero attached hydrogens (tertiary/aromatic N) is 3. The first-order valence-electron chi connectivity index (χ1n) is 3.78. The van der Waals surface area contributed by atoms with E-state index in [1.807, 2.05) is 10.6 Å². The Morgan fingerprint density at radius 3 is 3.08 bits per heavy atom. The predicted molar refractivity (Wildman–Crippen MR) is 48.2 cm³/mol. The van der Waals surface area contributed by atoms with Gasteiger partial charge in [0.2, 0.25) is 0 Å². The van der Waals surface area contributed by atoms with Crippen LogP contribution in [0, 0.1) is 0 Å². The van der Waals surface area contributed by atoms with Crippen molar-refractivity contribution in [2.75, 3.05) is 0 Å². The highest BCUT2D eigenvalue weighted by molar-refractivity contribution is 6.33. The first-order chi connectivity index (χ1) is 5.83. The molecule has 0 aliphatic carbocycles. The van der Waals surface area contributed by atoms with Crippen LogP contribution in [0.1, 0.15) is 6.92 Å². The van der Waals surface area contributed by atoms with E-state index in [-0.39, 0.29) is 0 Å². The van der Waals surface area contributed by atoms with Crippen LogP contribution in [-0.2, 0) is 6.54 Å². The van der Waals surface area contributed by atoms with Crippen LogP contribution in [0.3, 0.4) is 0 Å². The maximum atomic E-state index is 5.84. The molecule has 2 rings (SSSR count). The van der Waals surface area contributed by atoms with Gasteiger partial charge in [-0.2, -0.15) is 0 Å². The molecule has 3 nitrogen and oxygen atoms in total. The molecule has 12 heavy (non-hydrogen) atoms. The summed E-state index contributed by atoms with van der Waals surface area (Å²) >= 11 is 5.84. The first kappa shape index (κ1) is 7.55. The summed E-state index contributed by atoms with van der Waals surface area (Å²) in [6.45, 7) is 2.96. The van der Waals surface area contributed by atoms with E-state index < -0.39 is 0 Å². The van der Waals surface area contributed by atoms with Crippen LogP contribution in [0.5, 0.6) is 0 Å². The quantitative estimate of drug-likeness (QED) is 0.631. The summed E-state index contributed by atoms with van der Waals surface area (Å²) in [5.74, 6) is 0. The molecule has 0 unspecified atom stereocenters. The third-order valence-electron chi connectivity index (χ3n) is 1.83. The van der Waals surface area contributed by atoms with E-state index in [1.165, 1.54) is 0 Å². The Balaban J connectivity index is 2.80. The van der Waals surface area contributed by atoms with E-state index >= 15 is 0 Å². The standard InChI is InChI=1S/C8H8ClN3/c1-2-12-5-11-7-6(12)3-4-10-8(7)9/h3-5H,2H2,1H3. The van der Waals surface area contributed by atoms with Crippen molar-refractivity contribution in [3.8, 4) is 0 Å². The second-order valence-corrected chi connectivity index (χ2v) is 2.86. The molecule has 0 bridgehead atoms. The number of hydrogen-bond donors (Lipinski definition) is 0. The SMILES string of the molecule is CCn1cnc2c(Cl)nccc21. The average molecular weight is 182 g/mol. The van der Waals surface area contributed by atoms with Gasteiger partial charge in [-0.1, -0.05) is 11.6 Å². The summed E-state index contributed by atoms with van der Waals surface area (Å²) in [4.78, 5) is 8.10. The van der Waals surface area contributed by atoms with Crippen molar-refractivity contribution in [2.45, 2.75) is 13.5 Å². The topological polar surface area (TPSA) is 30.7 Å². The number of hydrogen-bond acceptors (Lipinski definition) is 2. The molecule has 0 radical (unpaired) electrons. The van der Waals surface area contributed by atoms with E-state index in [4.69, 9.17) is 11.6 Å². The van der Waals surface area contributed by atoms with E-state index in [2.05, 4.69) is 16.9 Å². The zero-order valence-corrected chi connectivity index (χ0v) is 7.41. The second kappa shape index (κ2) is 2.75. The van der Waals surface area contributed by atoms with Crippen molar-refractivity contribution >= 4 is 22.6 Å². The normalized spacial score (nSPS) is 10.8. The van der Waals surface area contributed by atoms with Crippen LogP contribution in [0.2, 0.25) is 5.15 Å². The lowest BCUT2D eigenvalue weighted by Gasteiger charge is -1.97. The minimum Gasteiger partial charge on any atom is -0.331 e. The zero-order valence-electron chi connectivity index (χ0n) is 6.66. The molecule has 0 saturated heterocycles. The molecule has 0 aliphatic heterocycles. The van der Waals surface area contributed by atoms with Gasteiger partial charge in [0.15, 0.2) is 5.15 Å². The highest BCUT2D eigenvalue weighted by Crippen LogP contribution is 2.18. The maximum absolute atomic E-state index is 5.84. The molecule has 4 heteroatoms. The van der Waals surface area contributed by atoms with Gasteiger partial charge in [-0.3, -0.25) is 0 Å². The number of halogens is 1. The predicted octanol–water partition coefficient (Wildman–Crippen LogP) is 2.10. The smallest absolute Gasteiger partial charge is 0.156 e. The van der Waals surface area contributed by atoms with Crippen LogP contribution in [0.15, 0.2) is 18.6 Å². The maximum Gasteiger partial charge on any atom is 0.156 e. The van der Waals surface area contributed by atoms with Crippen molar-refractivity contribution in [1.29, 1.82) is 0 Å². The van der Waals surface area contributed by atoms with Crippen molar-refractivity contribution in [3.05, 3.63) is 23.7 Å². The Hall–Kier alpha value is -1.09. The molecule has 0 aliphatic rings. The Bertz CT molecular complexity index is 408. The largest absolute Gasteiger partial charge is 0.331 e. The third-order valence-corrected chi connectivity index (χ3v) is 2.11. The minimum atomic E-state index is 0.472. The minimum absolute atomic E-state index is 0.472. The molecule has 2 heterocycles. The number of fused-ring (bicyclic) bond motifs is 1. The molecule has 2 aromatic heterocycles. The number of aryl methyl sites for hydroxylation is 1. The lowest BCUT2D eigenvalue weighted by Crippen LogP contribution is -1.90. The van der Waals surface area contributed by atoms with Gasteiger partial charge in [-0.15, -0.1) is 0 Å². The van der Waals surface area contributed by atoms with Gasteiger partial charge in [0, 0.05) is 12.7 Å². The summed E-state index contributed by atoms with van der Waals surface area (Å²) in [6.07, 6.45) is 3.47. The van der Waals surface area contributed by atoms with Crippen LogP contribution < -0.4 is 0 Å². The van der Waals surface area contributed by atoms with Gasteiger partial charge in [-0.05, 0) is 13.0 Å². The molecule has 0 fully saturated rings. The van der Waals surface area contributed by atoms with Gasteiger partial charge >= 0.3 is 0 Å². The molecule has 2 aromatic rings. The van der Waals surface area contributed by atoms with Crippen molar-refractivity contribution in [2.24, 2.45) is 0 Å². The van der Waals surface area contributed by atoms with Crippen molar-refractivity contribution in [1.82, 2.24) is 14.5 Å². The summed E-state index contributed by atoms with van der Waals surface area (Å²) in [5.41, 5.74) is 1.82. The van der Waals surface area contributed by atoms with E-state index in [9.17, 15) is 0 Å². The Morgan fingerprint density at radius 2 is 2.33 bits per heavy atom.